The average molecular weight is 386 g/mol. The molecule has 27 heavy (non-hydrogen) atoms. The lowest BCUT2D eigenvalue weighted by atomic mass is 9.78. The largest absolute Gasteiger partial charge is 0.493 e. The van der Waals surface area contributed by atoms with Gasteiger partial charge in [0.15, 0.2) is 0 Å². The van der Waals surface area contributed by atoms with E-state index in [1.54, 1.807) is 0 Å². The summed E-state index contributed by atoms with van der Waals surface area (Å²) in [7, 11) is 0. The molecule has 0 radical (unpaired) electrons. The summed E-state index contributed by atoms with van der Waals surface area (Å²) in [4.78, 5) is 13.3. The van der Waals surface area contributed by atoms with Crippen molar-refractivity contribution < 1.29 is 9.53 Å². The highest BCUT2D eigenvalue weighted by atomic mass is 35.5. The first-order valence-corrected chi connectivity index (χ1v) is 10.2. The Balaban J connectivity index is 1.76. The highest BCUT2D eigenvalue weighted by molar-refractivity contribution is 6.30. The molecule has 3 nitrogen and oxygen atoms in total. The van der Waals surface area contributed by atoms with Crippen molar-refractivity contribution in [2.75, 3.05) is 11.9 Å². The Morgan fingerprint density at radius 3 is 2.48 bits per heavy atom. The van der Waals surface area contributed by atoms with Gasteiger partial charge in [-0.15, -0.1) is 0 Å². The van der Waals surface area contributed by atoms with E-state index >= 15 is 0 Å². The first kappa shape index (κ1) is 19.8. The molecular weight excluding hydrogens is 358 g/mol. The van der Waals surface area contributed by atoms with Gasteiger partial charge in [0.05, 0.1) is 12.0 Å². The van der Waals surface area contributed by atoms with Gasteiger partial charge in [0.1, 0.15) is 5.75 Å². The van der Waals surface area contributed by atoms with E-state index in [9.17, 15) is 4.79 Å². The molecule has 1 fully saturated rings. The second-order valence-corrected chi connectivity index (χ2v) is 7.87. The molecule has 0 spiro atoms. The standard InChI is InChI=1S/C23H28ClNO2/c1-3-4-15-27-21-12-11-20(16-17(21)2)25-22(26)23(13-5-6-14-23)18-7-9-19(24)10-8-18/h7-12,16H,3-6,13-15H2,1-2H3,(H,25,26). The number of benzene rings is 2. The van der Waals surface area contributed by atoms with Crippen molar-refractivity contribution in [3.8, 4) is 5.75 Å². The van der Waals surface area contributed by atoms with E-state index < -0.39 is 5.41 Å². The van der Waals surface area contributed by atoms with Crippen molar-refractivity contribution in [2.45, 2.75) is 57.8 Å². The summed E-state index contributed by atoms with van der Waals surface area (Å²) in [5, 5.41) is 3.84. The Bertz CT molecular complexity index is 779. The minimum absolute atomic E-state index is 0.0707. The van der Waals surface area contributed by atoms with Gasteiger partial charge < -0.3 is 10.1 Å². The maximum Gasteiger partial charge on any atom is 0.235 e. The molecule has 0 aromatic heterocycles. The molecule has 4 heteroatoms. The van der Waals surface area contributed by atoms with Crippen molar-refractivity contribution in [2.24, 2.45) is 0 Å². The quantitative estimate of drug-likeness (QED) is 0.569. The lowest BCUT2D eigenvalue weighted by Gasteiger charge is -2.28. The molecule has 0 aliphatic heterocycles. The fourth-order valence-corrected chi connectivity index (χ4v) is 3.99. The topological polar surface area (TPSA) is 38.3 Å². The van der Waals surface area contributed by atoms with Crippen molar-refractivity contribution in [1.29, 1.82) is 0 Å². The van der Waals surface area contributed by atoms with Crippen LogP contribution in [0.25, 0.3) is 0 Å². The Morgan fingerprint density at radius 2 is 1.85 bits per heavy atom. The molecule has 0 atom stereocenters. The molecule has 1 aliphatic rings. The summed E-state index contributed by atoms with van der Waals surface area (Å²) in [5.74, 6) is 0.955. The highest BCUT2D eigenvalue weighted by Gasteiger charge is 2.42. The van der Waals surface area contributed by atoms with Gasteiger partial charge in [-0.25, -0.2) is 0 Å². The molecule has 1 N–H and O–H groups in total. The number of ether oxygens (including phenoxy) is 1. The molecule has 1 saturated carbocycles. The number of carbonyl (C=O) groups is 1. The van der Waals surface area contributed by atoms with Crippen molar-refractivity contribution >= 4 is 23.2 Å². The van der Waals surface area contributed by atoms with E-state index in [-0.39, 0.29) is 5.91 Å². The number of nitrogens with one attached hydrogen (secondary N) is 1. The molecule has 144 valence electrons. The van der Waals surface area contributed by atoms with Crippen LogP contribution in [0.3, 0.4) is 0 Å². The van der Waals surface area contributed by atoms with Crippen LogP contribution in [0.15, 0.2) is 42.5 Å². The number of hydrogen-bond donors (Lipinski definition) is 1. The summed E-state index contributed by atoms with van der Waals surface area (Å²) in [5.41, 5.74) is 2.45. The minimum Gasteiger partial charge on any atom is -0.493 e. The maximum atomic E-state index is 13.3. The normalized spacial score (nSPS) is 15.5. The zero-order chi connectivity index (χ0) is 19.3. The number of halogens is 1. The van der Waals surface area contributed by atoms with E-state index in [1.165, 1.54) is 0 Å². The number of amides is 1. The van der Waals surface area contributed by atoms with Gasteiger partial charge in [0.25, 0.3) is 0 Å². The summed E-state index contributed by atoms with van der Waals surface area (Å²) in [6, 6.07) is 13.6. The average Bonchev–Trinajstić information content (AvgIpc) is 3.15. The number of hydrogen-bond acceptors (Lipinski definition) is 2. The van der Waals surface area contributed by atoms with Gasteiger partial charge in [0, 0.05) is 10.7 Å². The number of carbonyl (C=O) groups excluding carboxylic acids is 1. The van der Waals surface area contributed by atoms with Gasteiger partial charge >= 0.3 is 0 Å². The Kier molecular flexibility index (Phi) is 6.43. The van der Waals surface area contributed by atoms with Crippen LogP contribution in [0, 0.1) is 6.92 Å². The van der Waals surface area contributed by atoms with E-state index in [0.717, 1.165) is 67.7 Å². The van der Waals surface area contributed by atoms with Crippen molar-refractivity contribution in [1.82, 2.24) is 0 Å². The van der Waals surface area contributed by atoms with Crippen LogP contribution in [0.4, 0.5) is 5.69 Å². The Labute approximate surface area is 167 Å². The fourth-order valence-electron chi connectivity index (χ4n) is 3.86. The third-order valence-electron chi connectivity index (χ3n) is 5.48. The highest BCUT2D eigenvalue weighted by Crippen LogP contribution is 2.42. The lowest BCUT2D eigenvalue weighted by molar-refractivity contribution is -0.121. The van der Waals surface area contributed by atoms with Crippen LogP contribution >= 0.6 is 11.6 Å². The molecule has 2 aromatic carbocycles. The molecule has 0 saturated heterocycles. The third kappa shape index (κ3) is 4.47. The first-order valence-electron chi connectivity index (χ1n) is 9.86. The van der Waals surface area contributed by atoms with Gasteiger partial charge in [-0.3, -0.25) is 4.79 Å². The summed E-state index contributed by atoms with van der Waals surface area (Å²) < 4.78 is 5.81. The first-order chi connectivity index (χ1) is 13.0. The molecular formula is C23H28ClNO2. The molecule has 0 unspecified atom stereocenters. The molecule has 1 aliphatic carbocycles. The molecule has 2 aromatic rings. The van der Waals surface area contributed by atoms with Gasteiger partial charge in [-0.1, -0.05) is 49.9 Å². The van der Waals surface area contributed by atoms with E-state index in [4.69, 9.17) is 16.3 Å². The van der Waals surface area contributed by atoms with Gasteiger partial charge in [0.2, 0.25) is 5.91 Å². The second kappa shape index (κ2) is 8.79. The number of rotatable bonds is 7. The smallest absolute Gasteiger partial charge is 0.235 e. The number of anilines is 1. The van der Waals surface area contributed by atoms with Crippen LogP contribution < -0.4 is 10.1 Å². The summed E-state index contributed by atoms with van der Waals surface area (Å²) in [6.45, 7) is 4.89. The molecule has 0 heterocycles. The minimum atomic E-state index is -0.464. The predicted molar refractivity (Wildman–Crippen MR) is 112 cm³/mol. The van der Waals surface area contributed by atoms with Crippen molar-refractivity contribution in [3.05, 3.63) is 58.6 Å². The summed E-state index contributed by atoms with van der Waals surface area (Å²) >= 11 is 6.04. The van der Waals surface area contributed by atoms with E-state index in [2.05, 4.69) is 12.2 Å². The number of unbranched alkanes of at least 4 members (excludes halogenated alkanes) is 1. The van der Waals surface area contributed by atoms with Crippen LogP contribution in [-0.4, -0.2) is 12.5 Å². The van der Waals surface area contributed by atoms with Crippen LogP contribution in [0.5, 0.6) is 5.75 Å². The molecule has 0 bridgehead atoms. The zero-order valence-electron chi connectivity index (χ0n) is 16.2. The monoisotopic (exact) mass is 385 g/mol. The van der Waals surface area contributed by atoms with Gasteiger partial charge in [-0.05, 0) is 67.6 Å². The molecule has 3 rings (SSSR count). The van der Waals surface area contributed by atoms with Crippen molar-refractivity contribution in [3.63, 3.8) is 0 Å². The second-order valence-electron chi connectivity index (χ2n) is 7.43. The van der Waals surface area contributed by atoms with Crippen LogP contribution in [0.2, 0.25) is 5.02 Å². The van der Waals surface area contributed by atoms with Crippen LogP contribution in [0.1, 0.15) is 56.6 Å². The lowest BCUT2D eigenvalue weighted by Crippen LogP contribution is -2.38. The van der Waals surface area contributed by atoms with E-state index in [0.29, 0.717) is 5.02 Å². The van der Waals surface area contributed by atoms with Crippen LogP contribution in [-0.2, 0) is 10.2 Å². The number of aryl methyl sites for hydroxylation is 1. The summed E-state index contributed by atoms with van der Waals surface area (Å²) in [6.07, 6.45) is 6.04. The fraction of sp³-hybridized carbons (Fsp3) is 0.435. The van der Waals surface area contributed by atoms with Gasteiger partial charge in [-0.2, -0.15) is 0 Å². The zero-order valence-corrected chi connectivity index (χ0v) is 16.9. The Morgan fingerprint density at radius 1 is 1.15 bits per heavy atom. The SMILES string of the molecule is CCCCOc1ccc(NC(=O)C2(c3ccc(Cl)cc3)CCCC2)cc1C. The predicted octanol–water partition coefficient (Wildman–Crippen LogP) is 6.28. The Hall–Kier alpha value is -2.00. The maximum absolute atomic E-state index is 13.3. The van der Waals surface area contributed by atoms with E-state index in [1.807, 2.05) is 49.4 Å². The third-order valence-corrected chi connectivity index (χ3v) is 5.73. The molecule has 1 amide bonds.